The molecule has 0 unspecified atom stereocenters. The van der Waals surface area contributed by atoms with Crippen LogP contribution >= 0.6 is 15.9 Å². The molecule has 0 saturated carbocycles. The lowest BCUT2D eigenvalue weighted by Crippen LogP contribution is -2.01. The van der Waals surface area contributed by atoms with Gasteiger partial charge in [-0.2, -0.15) is 0 Å². The number of nitrogens with one attached hydrogen (secondary N) is 1. The van der Waals surface area contributed by atoms with Gasteiger partial charge in [0.1, 0.15) is 0 Å². The Morgan fingerprint density at radius 1 is 1.05 bits per heavy atom. The molecule has 2 aromatic rings. The summed E-state index contributed by atoms with van der Waals surface area (Å²) < 4.78 is 0.965. The van der Waals surface area contributed by atoms with Gasteiger partial charge in [-0.05, 0) is 50.2 Å². The SMILES string of the molecule is C/C(=C\C(=O)c1ccc(Br)cc1)Nc1ccc(C)cc1. The van der Waals surface area contributed by atoms with Gasteiger partial charge in [-0.15, -0.1) is 0 Å². The number of hydrogen-bond donors (Lipinski definition) is 1. The zero-order chi connectivity index (χ0) is 14.5. The van der Waals surface area contributed by atoms with Crippen molar-refractivity contribution < 1.29 is 4.79 Å². The van der Waals surface area contributed by atoms with Gasteiger partial charge >= 0.3 is 0 Å². The molecule has 0 radical (unpaired) electrons. The van der Waals surface area contributed by atoms with Gasteiger partial charge in [0.15, 0.2) is 5.78 Å². The van der Waals surface area contributed by atoms with Gasteiger partial charge in [0.2, 0.25) is 0 Å². The number of benzene rings is 2. The van der Waals surface area contributed by atoms with Gasteiger partial charge in [-0.25, -0.2) is 0 Å². The van der Waals surface area contributed by atoms with Crippen molar-refractivity contribution in [3.63, 3.8) is 0 Å². The molecular weight excluding hydrogens is 314 g/mol. The average Bonchev–Trinajstić information content (AvgIpc) is 2.42. The highest BCUT2D eigenvalue weighted by molar-refractivity contribution is 9.10. The first kappa shape index (κ1) is 14.5. The fraction of sp³-hybridized carbons (Fsp3) is 0.118. The Balaban J connectivity index is 2.07. The highest BCUT2D eigenvalue weighted by atomic mass is 79.9. The third kappa shape index (κ3) is 4.07. The van der Waals surface area contributed by atoms with E-state index in [0.29, 0.717) is 5.56 Å². The van der Waals surface area contributed by atoms with Gasteiger partial charge in [-0.3, -0.25) is 4.79 Å². The van der Waals surface area contributed by atoms with Crippen LogP contribution in [0.4, 0.5) is 5.69 Å². The molecule has 0 aliphatic heterocycles. The first-order chi connectivity index (χ1) is 9.54. The quantitative estimate of drug-likeness (QED) is 0.634. The fourth-order valence-corrected chi connectivity index (χ4v) is 2.06. The molecule has 2 rings (SSSR count). The molecule has 0 amide bonds. The highest BCUT2D eigenvalue weighted by Crippen LogP contribution is 2.14. The van der Waals surface area contributed by atoms with Gasteiger partial charge in [0.25, 0.3) is 0 Å². The molecule has 0 heterocycles. The molecule has 0 saturated heterocycles. The minimum Gasteiger partial charge on any atom is -0.359 e. The maximum Gasteiger partial charge on any atom is 0.187 e. The van der Waals surface area contributed by atoms with Crippen LogP contribution in [-0.2, 0) is 0 Å². The Hall–Kier alpha value is -1.87. The van der Waals surface area contributed by atoms with E-state index in [-0.39, 0.29) is 5.78 Å². The number of hydrogen-bond acceptors (Lipinski definition) is 2. The molecule has 2 nitrogen and oxygen atoms in total. The van der Waals surface area contributed by atoms with Crippen molar-refractivity contribution in [3.8, 4) is 0 Å². The number of rotatable bonds is 4. The minimum atomic E-state index is -0.00499. The van der Waals surface area contributed by atoms with Crippen LogP contribution in [-0.4, -0.2) is 5.78 Å². The van der Waals surface area contributed by atoms with E-state index in [4.69, 9.17) is 0 Å². The highest BCUT2D eigenvalue weighted by Gasteiger charge is 2.03. The Morgan fingerprint density at radius 2 is 1.65 bits per heavy atom. The van der Waals surface area contributed by atoms with Crippen LogP contribution in [0.1, 0.15) is 22.8 Å². The monoisotopic (exact) mass is 329 g/mol. The normalized spacial score (nSPS) is 11.2. The minimum absolute atomic E-state index is 0.00499. The summed E-state index contributed by atoms with van der Waals surface area (Å²) >= 11 is 3.36. The predicted molar refractivity (Wildman–Crippen MR) is 87.0 cm³/mol. The number of ketones is 1. The zero-order valence-electron chi connectivity index (χ0n) is 11.5. The first-order valence-corrected chi connectivity index (χ1v) is 7.16. The lowest BCUT2D eigenvalue weighted by Gasteiger charge is -2.06. The van der Waals surface area contributed by atoms with Crippen molar-refractivity contribution in [3.05, 3.63) is 75.9 Å². The van der Waals surface area contributed by atoms with Crippen LogP contribution in [0.25, 0.3) is 0 Å². The summed E-state index contributed by atoms with van der Waals surface area (Å²) in [5, 5.41) is 3.21. The number of halogens is 1. The van der Waals surface area contributed by atoms with E-state index in [0.717, 1.165) is 15.9 Å². The fourth-order valence-electron chi connectivity index (χ4n) is 1.79. The molecule has 0 aliphatic rings. The van der Waals surface area contributed by atoms with Crippen molar-refractivity contribution in [2.45, 2.75) is 13.8 Å². The average molecular weight is 330 g/mol. The molecule has 0 aromatic heterocycles. The number of carbonyl (C=O) groups excluding carboxylic acids is 1. The lowest BCUT2D eigenvalue weighted by atomic mass is 10.1. The van der Waals surface area contributed by atoms with Gasteiger partial charge in [0, 0.05) is 27.5 Å². The molecular formula is C17H16BrNO. The van der Waals surface area contributed by atoms with Crippen molar-refractivity contribution in [1.29, 1.82) is 0 Å². The molecule has 0 fully saturated rings. The molecule has 20 heavy (non-hydrogen) atoms. The number of anilines is 1. The molecule has 3 heteroatoms. The second kappa shape index (κ2) is 6.53. The maximum atomic E-state index is 12.1. The van der Waals surface area contributed by atoms with E-state index in [1.54, 1.807) is 6.08 Å². The number of carbonyl (C=O) groups is 1. The van der Waals surface area contributed by atoms with E-state index in [2.05, 4.69) is 21.2 Å². The number of aryl methyl sites for hydroxylation is 1. The van der Waals surface area contributed by atoms with E-state index >= 15 is 0 Å². The molecule has 1 N–H and O–H groups in total. The Labute approximate surface area is 127 Å². The summed E-state index contributed by atoms with van der Waals surface area (Å²) in [7, 11) is 0. The smallest absolute Gasteiger partial charge is 0.187 e. The van der Waals surface area contributed by atoms with Crippen LogP contribution in [0.2, 0.25) is 0 Å². The Bertz CT molecular complexity index is 627. The van der Waals surface area contributed by atoms with Crippen LogP contribution < -0.4 is 5.32 Å². The third-order valence-electron chi connectivity index (χ3n) is 2.87. The van der Waals surface area contributed by atoms with Crippen LogP contribution in [0.3, 0.4) is 0 Å². The second-order valence-electron chi connectivity index (χ2n) is 4.69. The summed E-state index contributed by atoms with van der Waals surface area (Å²) in [4.78, 5) is 12.1. The summed E-state index contributed by atoms with van der Waals surface area (Å²) in [6.07, 6.45) is 1.61. The molecule has 0 spiro atoms. The molecule has 102 valence electrons. The molecule has 0 atom stereocenters. The Morgan fingerprint density at radius 3 is 2.25 bits per heavy atom. The van der Waals surface area contributed by atoms with E-state index in [9.17, 15) is 4.79 Å². The molecule has 0 bridgehead atoms. The van der Waals surface area contributed by atoms with Gasteiger partial charge < -0.3 is 5.32 Å². The standard InChI is InChI=1S/C17H16BrNO/c1-12-3-9-16(10-4-12)19-13(2)11-17(20)14-5-7-15(18)8-6-14/h3-11,19H,1-2H3/b13-11+. The third-order valence-corrected chi connectivity index (χ3v) is 3.40. The first-order valence-electron chi connectivity index (χ1n) is 6.36. The van der Waals surface area contributed by atoms with Crippen molar-refractivity contribution in [2.75, 3.05) is 5.32 Å². The Kier molecular flexibility index (Phi) is 4.74. The topological polar surface area (TPSA) is 29.1 Å². The molecule has 0 aliphatic carbocycles. The van der Waals surface area contributed by atoms with E-state index in [1.807, 2.05) is 62.4 Å². The summed E-state index contributed by atoms with van der Waals surface area (Å²) in [5.74, 6) is -0.00499. The maximum absolute atomic E-state index is 12.1. The van der Waals surface area contributed by atoms with Crippen LogP contribution in [0.15, 0.2) is 64.8 Å². The second-order valence-corrected chi connectivity index (χ2v) is 5.61. The van der Waals surface area contributed by atoms with Gasteiger partial charge in [-0.1, -0.05) is 33.6 Å². The summed E-state index contributed by atoms with van der Waals surface area (Å²) in [5.41, 5.74) is 3.69. The van der Waals surface area contributed by atoms with Crippen molar-refractivity contribution in [1.82, 2.24) is 0 Å². The van der Waals surface area contributed by atoms with E-state index in [1.165, 1.54) is 5.56 Å². The predicted octanol–water partition coefficient (Wildman–Crippen LogP) is 4.96. The lowest BCUT2D eigenvalue weighted by molar-refractivity contribution is 0.104. The van der Waals surface area contributed by atoms with Crippen molar-refractivity contribution in [2.24, 2.45) is 0 Å². The zero-order valence-corrected chi connectivity index (χ0v) is 13.1. The van der Waals surface area contributed by atoms with Gasteiger partial charge in [0.05, 0.1) is 0 Å². The van der Waals surface area contributed by atoms with Crippen molar-refractivity contribution >= 4 is 27.4 Å². The largest absolute Gasteiger partial charge is 0.359 e. The molecule has 2 aromatic carbocycles. The van der Waals surface area contributed by atoms with Crippen LogP contribution in [0, 0.1) is 6.92 Å². The van der Waals surface area contributed by atoms with Crippen LogP contribution in [0.5, 0.6) is 0 Å². The number of allylic oxidation sites excluding steroid dienone is 2. The van der Waals surface area contributed by atoms with E-state index < -0.39 is 0 Å². The summed E-state index contributed by atoms with van der Waals surface area (Å²) in [6, 6.07) is 15.4. The summed E-state index contributed by atoms with van der Waals surface area (Å²) in [6.45, 7) is 3.93.